The van der Waals surface area contributed by atoms with E-state index in [1.165, 1.54) is 6.42 Å². The van der Waals surface area contributed by atoms with Crippen LogP contribution >= 0.6 is 0 Å². The van der Waals surface area contributed by atoms with Gasteiger partial charge in [0.1, 0.15) is 0 Å². The Morgan fingerprint density at radius 2 is 2.25 bits per heavy atom. The topological polar surface area (TPSA) is 37.8 Å². The van der Waals surface area contributed by atoms with Gasteiger partial charge in [-0.3, -0.25) is 14.6 Å². The molecule has 3 heteroatoms. The monoisotopic (exact) mass is 168 g/mol. The number of unbranched alkanes of at least 4 members (excludes halogenated alkanes) is 1. The van der Waals surface area contributed by atoms with Crippen molar-refractivity contribution in [3.63, 3.8) is 0 Å². The molecule has 0 saturated heterocycles. The molecule has 0 fully saturated rings. The lowest BCUT2D eigenvalue weighted by molar-refractivity contribution is 0.622. The van der Waals surface area contributed by atoms with E-state index in [1.807, 2.05) is 6.92 Å². The largest absolute Gasteiger partial charge is 0.300 e. The van der Waals surface area contributed by atoms with Gasteiger partial charge in [-0.25, -0.2) is 0 Å². The molecule has 0 aliphatic heterocycles. The fraction of sp³-hybridized carbons (Fsp3) is 0.667. The highest BCUT2D eigenvalue weighted by Crippen LogP contribution is 1.98. The fourth-order valence-electron chi connectivity index (χ4n) is 1.22. The van der Waals surface area contributed by atoms with Crippen LogP contribution in [0, 0.1) is 0 Å². The van der Waals surface area contributed by atoms with E-state index in [4.69, 9.17) is 0 Å². The van der Waals surface area contributed by atoms with E-state index in [1.54, 1.807) is 10.7 Å². The molecule has 1 aromatic heterocycles. The summed E-state index contributed by atoms with van der Waals surface area (Å²) in [4.78, 5) is 11.2. The molecule has 0 aliphatic rings. The van der Waals surface area contributed by atoms with E-state index in [9.17, 15) is 4.79 Å². The van der Waals surface area contributed by atoms with Gasteiger partial charge in [-0.1, -0.05) is 13.3 Å². The van der Waals surface area contributed by atoms with Gasteiger partial charge in [0.05, 0.1) is 0 Å². The normalized spacial score (nSPS) is 10.5. The van der Waals surface area contributed by atoms with E-state index in [-0.39, 0.29) is 5.56 Å². The summed E-state index contributed by atoms with van der Waals surface area (Å²) < 4.78 is 1.63. The summed E-state index contributed by atoms with van der Waals surface area (Å²) in [5.41, 5.74) is 1.15. The first-order valence-corrected chi connectivity index (χ1v) is 4.56. The Bertz CT molecular complexity index is 285. The highest BCUT2D eigenvalue weighted by Gasteiger charge is 1.99. The summed E-state index contributed by atoms with van der Waals surface area (Å²) >= 11 is 0. The van der Waals surface area contributed by atoms with Crippen molar-refractivity contribution in [3.8, 4) is 0 Å². The minimum Gasteiger partial charge on any atom is -0.300 e. The summed E-state index contributed by atoms with van der Waals surface area (Å²) in [5.74, 6) is 0. The molecular formula is C9H16N2O. The predicted octanol–water partition coefficient (Wildman–Crippen LogP) is 1.54. The number of nitrogens with zero attached hydrogens (tertiary/aromatic N) is 1. The van der Waals surface area contributed by atoms with Crippen LogP contribution in [-0.4, -0.2) is 9.78 Å². The van der Waals surface area contributed by atoms with Crippen molar-refractivity contribution in [1.82, 2.24) is 9.78 Å². The van der Waals surface area contributed by atoms with Crippen molar-refractivity contribution in [2.75, 3.05) is 0 Å². The Balaban J connectivity index is 2.69. The Labute approximate surface area is 72.4 Å². The molecule has 0 amide bonds. The lowest BCUT2D eigenvalue weighted by Gasteiger charge is -1.95. The first-order chi connectivity index (χ1) is 5.77. The SMILES string of the molecule is CCCCc1cc(=O)n(CC)[nH]1. The molecule has 68 valence electrons. The lowest BCUT2D eigenvalue weighted by Crippen LogP contribution is -2.13. The lowest BCUT2D eigenvalue weighted by atomic mass is 10.2. The third kappa shape index (κ3) is 2.00. The molecule has 0 atom stereocenters. The van der Waals surface area contributed by atoms with Gasteiger partial charge in [0.2, 0.25) is 0 Å². The summed E-state index contributed by atoms with van der Waals surface area (Å²) in [7, 11) is 0. The summed E-state index contributed by atoms with van der Waals surface area (Å²) in [6, 6.07) is 1.69. The average molecular weight is 168 g/mol. The third-order valence-electron chi connectivity index (χ3n) is 1.96. The number of aromatic amines is 1. The van der Waals surface area contributed by atoms with Gasteiger partial charge >= 0.3 is 0 Å². The maximum Gasteiger partial charge on any atom is 0.266 e. The smallest absolute Gasteiger partial charge is 0.266 e. The molecule has 0 aromatic carbocycles. The van der Waals surface area contributed by atoms with Crippen LogP contribution < -0.4 is 5.56 Å². The molecule has 1 aromatic rings. The van der Waals surface area contributed by atoms with Gasteiger partial charge in [0.25, 0.3) is 5.56 Å². The van der Waals surface area contributed by atoms with Crippen molar-refractivity contribution in [1.29, 1.82) is 0 Å². The third-order valence-corrected chi connectivity index (χ3v) is 1.96. The van der Waals surface area contributed by atoms with Crippen molar-refractivity contribution in [3.05, 3.63) is 22.1 Å². The van der Waals surface area contributed by atoms with Crippen LogP contribution in [0.5, 0.6) is 0 Å². The maximum absolute atomic E-state index is 11.2. The minimum atomic E-state index is 0.0867. The highest BCUT2D eigenvalue weighted by molar-refractivity contribution is 4.99. The number of hydrogen-bond donors (Lipinski definition) is 1. The zero-order chi connectivity index (χ0) is 8.97. The van der Waals surface area contributed by atoms with Crippen molar-refractivity contribution in [2.45, 2.75) is 39.7 Å². The highest BCUT2D eigenvalue weighted by atomic mass is 16.1. The number of H-pyrrole nitrogens is 1. The van der Waals surface area contributed by atoms with E-state index >= 15 is 0 Å². The summed E-state index contributed by atoms with van der Waals surface area (Å²) in [6.07, 6.45) is 3.29. The average Bonchev–Trinajstić information content (AvgIpc) is 2.43. The van der Waals surface area contributed by atoms with Crippen LogP contribution in [0.25, 0.3) is 0 Å². The second-order valence-electron chi connectivity index (χ2n) is 2.97. The Morgan fingerprint density at radius 1 is 1.50 bits per heavy atom. The molecule has 1 heterocycles. The van der Waals surface area contributed by atoms with Crippen molar-refractivity contribution >= 4 is 0 Å². The molecule has 0 saturated carbocycles. The predicted molar refractivity (Wildman–Crippen MR) is 49.3 cm³/mol. The first-order valence-electron chi connectivity index (χ1n) is 4.56. The van der Waals surface area contributed by atoms with Crippen LogP contribution in [0.4, 0.5) is 0 Å². The second kappa shape index (κ2) is 4.14. The summed E-state index contributed by atoms with van der Waals surface area (Å²) in [6.45, 7) is 4.83. The minimum absolute atomic E-state index is 0.0867. The quantitative estimate of drug-likeness (QED) is 0.727. The molecule has 12 heavy (non-hydrogen) atoms. The second-order valence-corrected chi connectivity index (χ2v) is 2.97. The van der Waals surface area contributed by atoms with Gasteiger partial charge in [-0.15, -0.1) is 0 Å². The molecular weight excluding hydrogens is 152 g/mol. The molecule has 1 N–H and O–H groups in total. The Kier molecular flexibility index (Phi) is 3.14. The molecule has 1 rings (SSSR count). The van der Waals surface area contributed by atoms with E-state index in [0.717, 1.165) is 25.1 Å². The van der Waals surface area contributed by atoms with Gasteiger partial charge in [-0.2, -0.15) is 0 Å². The number of aromatic nitrogens is 2. The van der Waals surface area contributed by atoms with Gasteiger partial charge in [0, 0.05) is 18.3 Å². The maximum atomic E-state index is 11.2. The number of aryl methyl sites for hydroxylation is 2. The fourth-order valence-corrected chi connectivity index (χ4v) is 1.22. The molecule has 0 radical (unpaired) electrons. The van der Waals surface area contributed by atoms with Crippen molar-refractivity contribution in [2.24, 2.45) is 0 Å². The molecule has 3 nitrogen and oxygen atoms in total. The van der Waals surface area contributed by atoms with Crippen LogP contribution in [0.15, 0.2) is 10.9 Å². The zero-order valence-electron chi connectivity index (χ0n) is 7.76. The Hall–Kier alpha value is -0.990. The molecule has 0 bridgehead atoms. The van der Waals surface area contributed by atoms with E-state index in [2.05, 4.69) is 12.0 Å². The molecule has 0 unspecified atom stereocenters. The first kappa shape index (κ1) is 9.10. The van der Waals surface area contributed by atoms with Gasteiger partial charge < -0.3 is 0 Å². The van der Waals surface area contributed by atoms with Gasteiger partial charge in [0.15, 0.2) is 0 Å². The van der Waals surface area contributed by atoms with E-state index < -0.39 is 0 Å². The van der Waals surface area contributed by atoms with E-state index in [0.29, 0.717) is 0 Å². The van der Waals surface area contributed by atoms with Crippen LogP contribution in [0.3, 0.4) is 0 Å². The zero-order valence-corrected chi connectivity index (χ0v) is 7.76. The van der Waals surface area contributed by atoms with Crippen LogP contribution in [0.1, 0.15) is 32.4 Å². The number of nitrogens with one attached hydrogen (secondary N) is 1. The number of hydrogen-bond acceptors (Lipinski definition) is 1. The standard InChI is InChI=1S/C9H16N2O/c1-3-5-6-8-7-9(12)11(4-2)10-8/h7,10H,3-6H2,1-2H3. The molecule has 0 spiro atoms. The van der Waals surface area contributed by atoms with Crippen LogP contribution in [0.2, 0.25) is 0 Å². The van der Waals surface area contributed by atoms with Gasteiger partial charge in [-0.05, 0) is 19.8 Å². The Morgan fingerprint density at radius 3 is 2.75 bits per heavy atom. The van der Waals surface area contributed by atoms with Crippen LogP contribution in [-0.2, 0) is 13.0 Å². The number of rotatable bonds is 4. The summed E-state index contributed by atoms with van der Waals surface area (Å²) in [5, 5.41) is 3.07. The molecule has 0 aliphatic carbocycles. The van der Waals surface area contributed by atoms with Crippen molar-refractivity contribution < 1.29 is 0 Å².